The normalized spacial score (nSPS) is 10.8. The van der Waals surface area contributed by atoms with Gasteiger partial charge in [-0.2, -0.15) is 0 Å². The minimum atomic E-state index is -0.170. The second kappa shape index (κ2) is 8.61. The average molecular weight is 438 g/mol. The summed E-state index contributed by atoms with van der Waals surface area (Å²) in [4.78, 5) is 22.7. The maximum atomic E-state index is 12.7. The summed E-state index contributed by atoms with van der Waals surface area (Å²) in [7, 11) is 0. The van der Waals surface area contributed by atoms with Gasteiger partial charge in [0.1, 0.15) is 26.9 Å². The second-order valence-corrected chi connectivity index (χ2v) is 8.25. The summed E-state index contributed by atoms with van der Waals surface area (Å²) in [5, 5.41) is 3.90. The van der Waals surface area contributed by atoms with Crippen LogP contribution in [0.5, 0.6) is 11.5 Å². The van der Waals surface area contributed by atoms with E-state index in [1.807, 2.05) is 67.6 Å². The van der Waals surface area contributed by atoms with Crippen molar-refractivity contribution in [1.82, 2.24) is 9.97 Å². The molecule has 0 aliphatic heterocycles. The van der Waals surface area contributed by atoms with Gasteiger partial charge in [-0.15, -0.1) is 0 Å². The van der Waals surface area contributed by atoms with E-state index < -0.39 is 0 Å². The lowest BCUT2D eigenvalue weighted by Gasteiger charge is -2.10. The third-order valence-corrected chi connectivity index (χ3v) is 6.01. The van der Waals surface area contributed by atoms with Crippen molar-refractivity contribution in [1.29, 1.82) is 0 Å². The lowest BCUT2D eigenvalue weighted by molar-refractivity contribution is 0.102. The Morgan fingerprint density at radius 2 is 1.69 bits per heavy atom. The lowest BCUT2D eigenvalue weighted by Crippen LogP contribution is -2.12. The van der Waals surface area contributed by atoms with Gasteiger partial charge in [-0.1, -0.05) is 29.5 Å². The van der Waals surface area contributed by atoms with Gasteiger partial charge in [0.25, 0.3) is 5.91 Å². The molecule has 0 saturated heterocycles. The predicted molar refractivity (Wildman–Crippen MR) is 128 cm³/mol. The highest BCUT2D eigenvalue weighted by Gasteiger charge is 2.11. The van der Waals surface area contributed by atoms with Crippen molar-refractivity contribution in [3.63, 3.8) is 0 Å². The molecule has 0 fully saturated rings. The van der Waals surface area contributed by atoms with E-state index in [2.05, 4.69) is 15.3 Å². The number of hydrogen-bond donors (Lipinski definition) is 1. The molecule has 156 valence electrons. The molecule has 0 spiro atoms. The van der Waals surface area contributed by atoms with Gasteiger partial charge in [-0.25, -0.2) is 9.97 Å². The number of benzene rings is 3. The van der Waals surface area contributed by atoms with Crippen molar-refractivity contribution in [2.45, 2.75) is 6.92 Å². The number of para-hydroxylation sites is 1. The molecule has 3 aromatic carbocycles. The Labute approximate surface area is 189 Å². The van der Waals surface area contributed by atoms with Gasteiger partial charge < -0.3 is 10.1 Å². The number of aromatic nitrogens is 2. The zero-order chi connectivity index (χ0) is 21.9. The number of thiazole rings is 1. The van der Waals surface area contributed by atoms with E-state index in [1.54, 1.807) is 41.8 Å². The summed E-state index contributed by atoms with van der Waals surface area (Å²) in [6.07, 6.45) is 1.77. The fourth-order valence-corrected chi connectivity index (χ4v) is 4.23. The number of pyridine rings is 1. The van der Waals surface area contributed by atoms with Crippen molar-refractivity contribution < 1.29 is 9.53 Å². The predicted octanol–water partition coefficient (Wildman–Crippen LogP) is 6.71. The molecule has 5 nitrogen and oxygen atoms in total. The average Bonchev–Trinajstić information content (AvgIpc) is 3.26. The van der Waals surface area contributed by atoms with Crippen LogP contribution in [0.2, 0.25) is 0 Å². The molecule has 2 heterocycles. The van der Waals surface area contributed by atoms with Crippen molar-refractivity contribution in [3.05, 3.63) is 102 Å². The highest BCUT2D eigenvalue weighted by molar-refractivity contribution is 7.21. The third-order valence-electron chi connectivity index (χ3n) is 4.98. The monoisotopic (exact) mass is 437 g/mol. The summed E-state index contributed by atoms with van der Waals surface area (Å²) in [5.74, 6) is 1.26. The molecule has 1 amide bonds. The highest BCUT2D eigenvalue weighted by atomic mass is 32.1. The maximum absolute atomic E-state index is 12.7. The van der Waals surface area contributed by atoms with Crippen molar-refractivity contribution in [2.24, 2.45) is 0 Å². The van der Waals surface area contributed by atoms with Crippen LogP contribution in [0.1, 0.15) is 15.9 Å². The largest absolute Gasteiger partial charge is 0.457 e. The molecule has 0 unspecified atom stereocenters. The van der Waals surface area contributed by atoms with Crippen LogP contribution in [-0.4, -0.2) is 15.9 Å². The Kier molecular flexibility index (Phi) is 5.35. The molecule has 0 bridgehead atoms. The Morgan fingerprint density at radius 1 is 0.906 bits per heavy atom. The van der Waals surface area contributed by atoms with Crippen LogP contribution in [0, 0.1) is 6.92 Å². The number of fused-ring (bicyclic) bond motifs is 1. The smallest absolute Gasteiger partial charge is 0.255 e. The minimum absolute atomic E-state index is 0.170. The Bertz CT molecular complexity index is 1360. The Morgan fingerprint density at radius 3 is 2.44 bits per heavy atom. The number of anilines is 1. The van der Waals surface area contributed by atoms with Gasteiger partial charge in [0.2, 0.25) is 0 Å². The molecule has 1 N–H and O–H groups in total. The molecule has 5 aromatic rings. The van der Waals surface area contributed by atoms with Crippen LogP contribution >= 0.6 is 11.3 Å². The van der Waals surface area contributed by atoms with Gasteiger partial charge in [-0.05, 0) is 79.2 Å². The molecule has 0 aliphatic rings. The van der Waals surface area contributed by atoms with Crippen LogP contribution in [0.3, 0.4) is 0 Å². The summed E-state index contributed by atoms with van der Waals surface area (Å²) in [6.45, 7) is 1.97. The van der Waals surface area contributed by atoms with Crippen LogP contribution in [0.15, 0.2) is 91.1 Å². The second-order valence-electron chi connectivity index (χ2n) is 7.27. The quantitative estimate of drug-likeness (QED) is 0.332. The first-order valence-electron chi connectivity index (χ1n) is 10.1. The zero-order valence-electron chi connectivity index (χ0n) is 17.3. The first kappa shape index (κ1) is 19.9. The van der Waals surface area contributed by atoms with Gasteiger partial charge >= 0.3 is 0 Å². The van der Waals surface area contributed by atoms with Crippen molar-refractivity contribution >= 4 is 33.3 Å². The summed E-state index contributed by atoms with van der Waals surface area (Å²) < 4.78 is 5.79. The van der Waals surface area contributed by atoms with E-state index in [0.717, 1.165) is 37.9 Å². The molecule has 2 aromatic heterocycles. The topological polar surface area (TPSA) is 64.1 Å². The van der Waals surface area contributed by atoms with E-state index >= 15 is 0 Å². The van der Waals surface area contributed by atoms with Gasteiger partial charge in [0.15, 0.2) is 0 Å². The number of nitrogens with zero attached hydrogens (tertiary/aromatic N) is 2. The first-order chi connectivity index (χ1) is 15.7. The van der Waals surface area contributed by atoms with E-state index in [-0.39, 0.29) is 5.91 Å². The third kappa shape index (κ3) is 4.22. The molecule has 6 heteroatoms. The fourth-order valence-electron chi connectivity index (χ4n) is 3.32. The molecule has 0 radical (unpaired) electrons. The molecular weight excluding hydrogens is 418 g/mol. The van der Waals surface area contributed by atoms with Gasteiger partial charge in [0.05, 0.1) is 0 Å². The molecule has 5 rings (SSSR count). The van der Waals surface area contributed by atoms with Crippen LogP contribution in [0.25, 0.3) is 20.9 Å². The number of amides is 1. The van der Waals surface area contributed by atoms with E-state index in [9.17, 15) is 4.79 Å². The molecule has 0 atom stereocenters. The van der Waals surface area contributed by atoms with Crippen LogP contribution in [-0.2, 0) is 0 Å². The number of ether oxygens (including phenoxy) is 1. The fraction of sp³-hybridized carbons (Fsp3) is 0.0385. The van der Waals surface area contributed by atoms with Gasteiger partial charge in [0, 0.05) is 23.0 Å². The van der Waals surface area contributed by atoms with Gasteiger partial charge in [-0.3, -0.25) is 4.79 Å². The number of rotatable bonds is 5. The Balaban J connectivity index is 1.30. The van der Waals surface area contributed by atoms with E-state index in [0.29, 0.717) is 11.3 Å². The number of nitrogens with one attached hydrogen (secondary N) is 1. The van der Waals surface area contributed by atoms with Crippen LogP contribution < -0.4 is 10.1 Å². The number of aryl methyl sites for hydroxylation is 1. The number of hydrogen-bond acceptors (Lipinski definition) is 5. The first-order valence-corrected chi connectivity index (χ1v) is 10.9. The Hall–Kier alpha value is -4.03. The molecular formula is C26H19N3O2S. The molecule has 32 heavy (non-hydrogen) atoms. The highest BCUT2D eigenvalue weighted by Crippen LogP contribution is 2.31. The number of carbonyl (C=O) groups is 1. The van der Waals surface area contributed by atoms with Crippen molar-refractivity contribution in [2.75, 3.05) is 5.32 Å². The standard InChI is InChI=1S/C26H19N3O2S/c1-17-16-19(25-29-23-8-5-15-27-26(23)32-25)11-14-22(17)28-24(30)18-9-12-21(13-10-18)31-20-6-3-2-4-7-20/h2-16H,1H3,(H,28,30). The molecule has 0 aliphatic carbocycles. The lowest BCUT2D eigenvalue weighted by atomic mass is 10.1. The number of carbonyl (C=O) groups excluding carboxylic acids is 1. The van der Waals surface area contributed by atoms with E-state index in [1.165, 1.54) is 0 Å². The SMILES string of the molecule is Cc1cc(-c2nc3cccnc3s2)ccc1NC(=O)c1ccc(Oc2ccccc2)cc1. The summed E-state index contributed by atoms with van der Waals surface area (Å²) in [5.41, 5.74) is 4.19. The van der Waals surface area contributed by atoms with E-state index in [4.69, 9.17) is 4.74 Å². The van der Waals surface area contributed by atoms with Crippen molar-refractivity contribution in [3.8, 4) is 22.1 Å². The minimum Gasteiger partial charge on any atom is -0.457 e. The summed E-state index contributed by atoms with van der Waals surface area (Å²) in [6, 6.07) is 26.4. The molecule has 0 saturated carbocycles. The zero-order valence-corrected chi connectivity index (χ0v) is 18.1. The maximum Gasteiger partial charge on any atom is 0.255 e. The summed E-state index contributed by atoms with van der Waals surface area (Å²) >= 11 is 1.56. The van der Waals surface area contributed by atoms with Crippen LogP contribution in [0.4, 0.5) is 5.69 Å².